The summed E-state index contributed by atoms with van der Waals surface area (Å²) in [6, 6.07) is 3.11. The minimum atomic E-state index is -0.602. The average molecular weight is 456 g/mol. The number of carbonyl (C=O) groups is 4. The van der Waals surface area contributed by atoms with Crippen LogP contribution in [0.4, 0.5) is 11.4 Å². The Bertz CT molecular complexity index is 793. The van der Waals surface area contributed by atoms with E-state index in [4.69, 9.17) is 0 Å². The smallest absolute Gasteiger partial charge is 0.248 e. The lowest BCUT2D eigenvalue weighted by molar-refractivity contribution is -0.122. The Labute approximate surface area is 155 Å². The van der Waals surface area contributed by atoms with Crippen molar-refractivity contribution in [1.29, 1.82) is 0 Å². The lowest BCUT2D eigenvalue weighted by Crippen LogP contribution is -2.34. The van der Waals surface area contributed by atoms with Crippen LogP contribution in [0.3, 0.4) is 0 Å². The fraction of sp³-hybridized carbons (Fsp3) is 0.250. The van der Waals surface area contributed by atoms with Gasteiger partial charge in [0, 0.05) is 18.4 Å². The molecule has 2 aliphatic rings. The number of amides is 4. The molecule has 0 aliphatic carbocycles. The van der Waals surface area contributed by atoms with Gasteiger partial charge in [-0.25, -0.2) is 9.80 Å². The first kappa shape index (κ1) is 17.3. The number of hydrogen-bond acceptors (Lipinski definition) is 4. The first-order chi connectivity index (χ1) is 11.2. The zero-order valence-electron chi connectivity index (χ0n) is 12.4. The van der Waals surface area contributed by atoms with E-state index < -0.39 is 21.5 Å². The second-order valence-corrected chi connectivity index (χ2v) is 7.76. The highest BCUT2D eigenvalue weighted by molar-refractivity contribution is 9.10. The summed E-state index contributed by atoms with van der Waals surface area (Å²) in [4.78, 5) is 49.7. The van der Waals surface area contributed by atoms with Crippen molar-refractivity contribution in [3.05, 3.63) is 37.1 Å². The number of halogens is 2. The van der Waals surface area contributed by atoms with Gasteiger partial charge in [0.05, 0.1) is 11.4 Å². The van der Waals surface area contributed by atoms with Gasteiger partial charge in [-0.15, -0.1) is 0 Å². The second-order valence-electron chi connectivity index (χ2n) is 5.55. The van der Waals surface area contributed by atoms with Gasteiger partial charge in [0.15, 0.2) is 0 Å². The summed E-state index contributed by atoms with van der Waals surface area (Å²) >= 11 is 6.33. The fourth-order valence-electron chi connectivity index (χ4n) is 2.84. The normalized spacial score (nSPS) is 24.5. The molecule has 6 nitrogen and oxygen atoms in total. The standard InChI is InChI=1S/C16H12Br2N2O4/c1-7-3-4-11(19-12(21)5-9(17)15(19)23)8(2)14(7)20-13(22)6-10(18)16(20)24/h3-4,9-10H,1-2,5-6H2. The fourth-order valence-corrected chi connectivity index (χ4v) is 3.80. The number of benzene rings is 1. The third kappa shape index (κ3) is 2.52. The van der Waals surface area contributed by atoms with Gasteiger partial charge in [-0.1, -0.05) is 37.9 Å². The SMILES string of the molecule is [CH2]c1ccc(N2C(=O)CC(Br)C2=O)c([CH2])c1N1C(=O)CC(Br)C1=O. The molecule has 1 aromatic rings. The van der Waals surface area contributed by atoms with E-state index in [9.17, 15) is 19.2 Å². The van der Waals surface area contributed by atoms with Crippen LogP contribution >= 0.6 is 31.9 Å². The predicted octanol–water partition coefficient (Wildman–Crippen LogP) is 2.10. The Kier molecular flexibility index (Phi) is 4.37. The van der Waals surface area contributed by atoms with Crippen LogP contribution in [-0.2, 0) is 19.2 Å². The largest absolute Gasteiger partial charge is 0.274 e. The molecule has 1 aromatic carbocycles. The molecule has 2 aliphatic heterocycles. The van der Waals surface area contributed by atoms with Gasteiger partial charge in [-0.05, 0) is 25.5 Å². The van der Waals surface area contributed by atoms with Crippen molar-refractivity contribution >= 4 is 66.9 Å². The molecule has 2 fully saturated rings. The summed E-state index contributed by atoms with van der Waals surface area (Å²) in [6.07, 6.45) is 0.0811. The Morgan fingerprint density at radius 1 is 0.875 bits per heavy atom. The van der Waals surface area contributed by atoms with Crippen LogP contribution in [0.5, 0.6) is 0 Å². The van der Waals surface area contributed by atoms with Crippen molar-refractivity contribution in [3.8, 4) is 0 Å². The van der Waals surface area contributed by atoms with Gasteiger partial charge in [0.1, 0.15) is 9.65 Å². The van der Waals surface area contributed by atoms with E-state index in [2.05, 4.69) is 45.7 Å². The minimum Gasteiger partial charge on any atom is -0.274 e. The molecule has 2 saturated heterocycles. The molecule has 0 saturated carbocycles. The van der Waals surface area contributed by atoms with E-state index in [1.165, 1.54) is 0 Å². The predicted molar refractivity (Wildman–Crippen MR) is 95.0 cm³/mol. The maximum atomic E-state index is 12.3. The van der Waals surface area contributed by atoms with Crippen molar-refractivity contribution in [3.63, 3.8) is 0 Å². The van der Waals surface area contributed by atoms with Crippen molar-refractivity contribution in [1.82, 2.24) is 0 Å². The molecule has 0 aromatic heterocycles. The van der Waals surface area contributed by atoms with E-state index in [1.54, 1.807) is 12.1 Å². The van der Waals surface area contributed by atoms with Crippen LogP contribution in [0, 0.1) is 13.8 Å². The Morgan fingerprint density at radius 2 is 1.38 bits per heavy atom. The lowest BCUT2D eigenvalue weighted by Gasteiger charge is -2.24. The number of rotatable bonds is 2. The summed E-state index contributed by atoms with van der Waals surface area (Å²) in [5.74, 6) is -1.56. The van der Waals surface area contributed by atoms with Crippen LogP contribution in [0.25, 0.3) is 0 Å². The van der Waals surface area contributed by atoms with Crippen molar-refractivity contribution in [2.45, 2.75) is 22.5 Å². The molecule has 0 bridgehead atoms. The topological polar surface area (TPSA) is 74.8 Å². The highest BCUT2D eigenvalue weighted by atomic mass is 79.9. The second kappa shape index (κ2) is 6.07. The van der Waals surface area contributed by atoms with Crippen molar-refractivity contribution < 1.29 is 19.2 Å². The third-order valence-corrected chi connectivity index (χ3v) is 5.42. The first-order valence-corrected chi connectivity index (χ1v) is 8.89. The molecule has 2 unspecified atom stereocenters. The number of imide groups is 2. The molecule has 24 heavy (non-hydrogen) atoms. The number of alkyl halides is 2. The average Bonchev–Trinajstić information content (AvgIpc) is 2.90. The Balaban J connectivity index is 2.13. The number of hydrogen-bond donors (Lipinski definition) is 0. The Hall–Kier alpha value is -1.54. The summed E-state index contributed by atoms with van der Waals surface area (Å²) in [5.41, 5.74) is 1.15. The summed E-state index contributed by atoms with van der Waals surface area (Å²) in [5, 5.41) is 0. The molecule has 2 radical (unpaired) electrons. The van der Waals surface area contributed by atoms with Gasteiger partial charge in [-0.2, -0.15) is 0 Å². The molecule has 3 rings (SSSR count). The molecular formula is C16H12Br2N2O4. The molecule has 0 spiro atoms. The number of carbonyl (C=O) groups excluding carboxylic acids is 4. The van der Waals surface area contributed by atoms with Crippen LogP contribution in [-0.4, -0.2) is 33.3 Å². The number of anilines is 2. The molecule has 8 heteroatoms. The van der Waals surface area contributed by atoms with Crippen LogP contribution in [0.15, 0.2) is 12.1 Å². The molecule has 2 heterocycles. The van der Waals surface area contributed by atoms with Gasteiger partial charge < -0.3 is 0 Å². The van der Waals surface area contributed by atoms with Crippen LogP contribution in [0.1, 0.15) is 24.0 Å². The van der Waals surface area contributed by atoms with E-state index in [0.29, 0.717) is 5.56 Å². The van der Waals surface area contributed by atoms with E-state index in [0.717, 1.165) is 9.80 Å². The molecular weight excluding hydrogens is 444 g/mol. The van der Waals surface area contributed by atoms with E-state index in [-0.39, 0.29) is 41.6 Å². The third-order valence-electron chi connectivity index (χ3n) is 3.99. The van der Waals surface area contributed by atoms with Crippen molar-refractivity contribution in [2.24, 2.45) is 0 Å². The van der Waals surface area contributed by atoms with Gasteiger partial charge in [-0.3, -0.25) is 19.2 Å². The highest BCUT2D eigenvalue weighted by Gasteiger charge is 2.42. The van der Waals surface area contributed by atoms with E-state index in [1.807, 2.05) is 0 Å². The summed E-state index contributed by atoms with van der Waals surface area (Å²) in [6.45, 7) is 7.74. The lowest BCUT2D eigenvalue weighted by atomic mass is 10.0. The quantitative estimate of drug-likeness (QED) is 0.505. The maximum Gasteiger partial charge on any atom is 0.248 e. The first-order valence-electron chi connectivity index (χ1n) is 7.06. The van der Waals surface area contributed by atoms with Crippen LogP contribution in [0.2, 0.25) is 0 Å². The monoisotopic (exact) mass is 454 g/mol. The van der Waals surface area contributed by atoms with Crippen LogP contribution < -0.4 is 9.80 Å². The summed E-state index contributed by atoms with van der Waals surface area (Å²) in [7, 11) is 0. The van der Waals surface area contributed by atoms with Gasteiger partial charge in [0.2, 0.25) is 23.6 Å². The molecule has 4 amide bonds. The molecule has 2 atom stereocenters. The van der Waals surface area contributed by atoms with Gasteiger partial charge in [0.25, 0.3) is 0 Å². The maximum absolute atomic E-state index is 12.3. The zero-order chi connectivity index (χ0) is 17.8. The number of nitrogens with zero attached hydrogens (tertiary/aromatic N) is 2. The zero-order valence-corrected chi connectivity index (χ0v) is 15.6. The highest BCUT2D eigenvalue weighted by Crippen LogP contribution is 2.38. The van der Waals surface area contributed by atoms with Crippen molar-refractivity contribution in [2.75, 3.05) is 9.80 Å². The minimum absolute atomic E-state index is 0.0347. The Morgan fingerprint density at radius 3 is 1.83 bits per heavy atom. The molecule has 0 N–H and O–H groups in total. The molecule has 124 valence electrons. The van der Waals surface area contributed by atoms with E-state index >= 15 is 0 Å². The van der Waals surface area contributed by atoms with Gasteiger partial charge >= 0.3 is 0 Å². The summed E-state index contributed by atoms with van der Waals surface area (Å²) < 4.78 is 0.